The Morgan fingerprint density at radius 3 is 2.78 bits per heavy atom. The van der Waals surface area contributed by atoms with Crippen molar-refractivity contribution in [1.82, 2.24) is 5.32 Å². The van der Waals surface area contributed by atoms with Gasteiger partial charge in [-0.25, -0.2) is 0 Å². The van der Waals surface area contributed by atoms with Gasteiger partial charge in [0.05, 0.1) is 0 Å². The lowest BCUT2D eigenvalue weighted by atomic mass is 10.2. The van der Waals surface area contributed by atoms with Gasteiger partial charge in [-0.1, -0.05) is 45.2 Å². The normalized spacial score (nSPS) is 28.0. The van der Waals surface area contributed by atoms with Crippen LogP contribution in [0, 0.1) is 0 Å². The third-order valence-corrected chi connectivity index (χ3v) is 5.30. The van der Waals surface area contributed by atoms with Gasteiger partial charge in [-0.3, -0.25) is 0 Å². The van der Waals surface area contributed by atoms with Crippen LogP contribution in [0.1, 0.15) is 12.8 Å². The molecule has 0 aromatic heterocycles. The van der Waals surface area contributed by atoms with Crippen LogP contribution in [0.4, 0.5) is 0 Å². The molecule has 1 saturated heterocycles. The Morgan fingerprint density at radius 1 is 1.67 bits per heavy atom. The van der Waals surface area contributed by atoms with Gasteiger partial charge in [0.25, 0.3) is 0 Å². The van der Waals surface area contributed by atoms with Gasteiger partial charge >= 0.3 is 0 Å². The maximum atomic E-state index is 3.31. The Morgan fingerprint density at radius 2 is 2.33 bits per heavy atom. The van der Waals surface area contributed by atoms with Gasteiger partial charge in [0, 0.05) is 20.9 Å². The minimum atomic E-state index is 0.880. The molecule has 1 heterocycles. The van der Waals surface area contributed by atoms with Gasteiger partial charge in [-0.15, -0.1) is 0 Å². The summed E-state index contributed by atoms with van der Waals surface area (Å²) in [6, 6.07) is 0.880. The van der Waals surface area contributed by atoms with Crippen molar-refractivity contribution in [2.75, 3.05) is 11.0 Å². The van der Waals surface area contributed by atoms with Gasteiger partial charge in [0.2, 0.25) is 0 Å². The number of nitrogens with one attached hydrogen (secondary N) is 1. The molecule has 0 aliphatic carbocycles. The van der Waals surface area contributed by atoms with Crippen molar-refractivity contribution < 1.29 is 0 Å². The highest BCUT2D eigenvalue weighted by Gasteiger charge is 2.19. The summed E-state index contributed by atoms with van der Waals surface area (Å²) in [7, 11) is 0. The lowest BCUT2D eigenvalue weighted by Gasteiger charge is -2.02. The Bertz CT molecular complexity index is 83.1. The Hall–Kier alpha value is 1.42. The van der Waals surface area contributed by atoms with E-state index in [0.29, 0.717) is 0 Å². The Balaban J connectivity index is 1.90. The van der Waals surface area contributed by atoms with Crippen molar-refractivity contribution in [3.63, 3.8) is 0 Å². The van der Waals surface area contributed by atoms with Crippen LogP contribution >= 0.6 is 45.2 Å². The number of alkyl halides is 2. The van der Waals surface area contributed by atoms with E-state index in [1.54, 1.807) is 0 Å². The van der Waals surface area contributed by atoms with Crippen LogP contribution < -0.4 is 5.32 Å². The molecule has 2 atom stereocenters. The molecule has 0 aromatic rings. The molecular formula is C6H11I2N. The average Bonchev–Trinajstić information content (AvgIpc) is 2.65. The number of hydrogen-bond donors (Lipinski definition) is 1. The van der Waals surface area contributed by atoms with E-state index in [4.69, 9.17) is 0 Å². The summed E-state index contributed by atoms with van der Waals surface area (Å²) >= 11 is 4.98. The zero-order chi connectivity index (χ0) is 6.69. The van der Waals surface area contributed by atoms with Crippen molar-refractivity contribution in [1.29, 1.82) is 0 Å². The van der Waals surface area contributed by atoms with E-state index in [9.17, 15) is 0 Å². The van der Waals surface area contributed by atoms with E-state index in [1.165, 1.54) is 23.8 Å². The topological polar surface area (TPSA) is 21.9 Å². The molecular weight excluding hydrogens is 340 g/mol. The van der Waals surface area contributed by atoms with Crippen molar-refractivity contribution in [3.05, 3.63) is 0 Å². The highest BCUT2D eigenvalue weighted by molar-refractivity contribution is 14.1. The van der Waals surface area contributed by atoms with Crippen LogP contribution in [0.3, 0.4) is 0 Å². The summed E-state index contributed by atoms with van der Waals surface area (Å²) in [6.07, 6.45) is 2.78. The second-order valence-corrected chi connectivity index (χ2v) is 5.08. The summed E-state index contributed by atoms with van der Waals surface area (Å²) in [5.74, 6) is 0. The van der Waals surface area contributed by atoms with E-state index in [-0.39, 0.29) is 0 Å². The van der Waals surface area contributed by atoms with Gasteiger partial charge in [0.15, 0.2) is 0 Å². The molecule has 1 fully saturated rings. The summed E-state index contributed by atoms with van der Waals surface area (Å²) in [5, 5.41) is 3.31. The summed E-state index contributed by atoms with van der Waals surface area (Å²) in [6.45, 7) is 1.27. The molecule has 0 saturated carbocycles. The van der Waals surface area contributed by atoms with Gasteiger partial charge in [-0.05, 0) is 12.8 Å². The molecule has 0 aromatic carbocycles. The standard InChI is InChI=1S/C6H11I2N/c7-3-5(8)1-2-6-4-9-6/h5-6,9H,1-4H2. The second kappa shape index (κ2) is 4.33. The van der Waals surface area contributed by atoms with Crippen LogP contribution in [0.2, 0.25) is 0 Å². The number of rotatable bonds is 4. The fourth-order valence-electron chi connectivity index (χ4n) is 0.747. The average molecular weight is 351 g/mol. The van der Waals surface area contributed by atoms with E-state index >= 15 is 0 Å². The first-order valence-corrected chi connectivity index (χ1v) is 6.03. The maximum Gasteiger partial charge on any atom is 0.0200 e. The van der Waals surface area contributed by atoms with Crippen LogP contribution in [-0.4, -0.2) is 20.9 Å². The van der Waals surface area contributed by atoms with Gasteiger partial charge < -0.3 is 5.32 Å². The first kappa shape index (κ1) is 8.52. The van der Waals surface area contributed by atoms with E-state index in [2.05, 4.69) is 50.5 Å². The van der Waals surface area contributed by atoms with E-state index < -0.39 is 0 Å². The predicted octanol–water partition coefficient (Wildman–Crippen LogP) is 1.98. The fraction of sp³-hybridized carbons (Fsp3) is 1.00. The van der Waals surface area contributed by atoms with E-state index in [1.807, 2.05) is 0 Å². The molecule has 54 valence electrons. The Kier molecular flexibility index (Phi) is 4.10. The van der Waals surface area contributed by atoms with Crippen LogP contribution in [-0.2, 0) is 0 Å². The molecule has 0 spiro atoms. The number of halogens is 2. The van der Waals surface area contributed by atoms with E-state index in [0.717, 1.165) is 9.97 Å². The molecule has 1 rings (SSSR count). The molecule has 0 amide bonds. The molecule has 0 radical (unpaired) electrons. The minimum Gasteiger partial charge on any atom is -0.311 e. The third kappa shape index (κ3) is 3.98. The van der Waals surface area contributed by atoms with Crippen LogP contribution in [0.15, 0.2) is 0 Å². The zero-order valence-electron chi connectivity index (χ0n) is 5.24. The summed E-state index contributed by atoms with van der Waals surface area (Å²) in [4.78, 5) is 0. The first-order chi connectivity index (χ1) is 4.33. The van der Waals surface area contributed by atoms with Crippen molar-refractivity contribution in [2.45, 2.75) is 22.8 Å². The van der Waals surface area contributed by atoms with Crippen LogP contribution in [0.25, 0.3) is 0 Å². The lowest BCUT2D eigenvalue weighted by molar-refractivity contribution is 0.739. The van der Waals surface area contributed by atoms with Crippen molar-refractivity contribution in [3.8, 4) is 0 Å². The highest BCUT2D eigenvalue weighted by Crippen LogP contribution is 2.15. The molecule has 3 heteroatoms. The number of hydrogen-bond acceptors (Lipinski definition) is 1. The summed E-state index contributed by atoms with van der Waals surface area (Å²) < 4.78 is 2.19. The minimum absolute atomic E-state index is 0.880. The Labute approximate surface area is 83.6 Å². The predicted molar refractivity (Wildman–Crippen MR) is 57.7 cm³/mol. The van der Waals surface area contributed by atoms with Gasteiger partial charge in [-0.2, -0.15) is 0 Å². The quantitative estimate of drug-likeness (QED) is 0.467. The molecule has 1 N–H and O–H groups in total. The molecule has 0 bridgehead atoms. The first-order valence-electron chi connectivity index (χ1n) is 3.26. The second-order valence-electron chi connectivity index (χ2n) is 2.43. The summed E-state index contributed by atoms with van der Waals surface area (Å²) in [5.41, 5.74) is 0. The largest absolute Gasteiger partial charge is 0.311 e. The zero-order valence-corrected chi connectivity index (χ0v) is 9.55. The molecule has 1 aliphatic rings. The van der Waals surface area contributed by atoms with Crippen molar-refractivity contribution >= 4 is 45.2 Å². The molecule has 2 unspecified atom stereocenters. The maximum absolute atomic E-state index is 3.31. The highest BCUT2D eigenvalue weighted by atomic mass is 127. The van der Waals surface area contributed by atoms with Gasteiger partial charge in [0.1, 0.15) is 0 Å². The molecule has 1 nitrogen and oxygen atoms in total. The molecule has 1 aliphatic heterocycles. The fourth-order valence-corrected chi connectivity index (χ4v) is 1.55. The third-order valence-electron chi connectivity index (χ3n) is 1.49. The monoisotopic (exact) mass is 351 g/mol. The smallest absolute Gasteiger partial charge is 0.0200 e. The molecule has 9 heavy (non-hydrogen) atoms. The SMILES string of the molecule is ICC(I)CCC1CN1. The van der Waals surface area contributed by atoms with Crippen molar-refractivity contribution in [2.24, 2.45) is 0 Å². The lowest BCUT2D eigenvalue weighted by Crippen LogP contribution is -2.01. The van der Waals surface area contributed by atoms with Crippen LogP contribution in [0.5, 0.6) is 0 Å².